The van der Waals surface area contributed by atoms with Crippen molar-refractivity contribution in [1.82, 2.24) is 25.6 Å². The molecular weight excluding hydrogens is 226 g/mol. The topological polar surface area (TPSA) is 65.6 Å². The highest BCUT2D eigenvalue weighted by molar-refractivity contribution is 5.73. The molecule has 0 amide bonds. The summed E-state index contributed by atoms with van der Waals surface area (Å²) in [5.74, 6) is 0.704. The molecule has 2 aromatic heterocycles. The van der Waals surface area contributed by atoms with E-state index in [9.17, 15) is 0 Å². The van der Waals surface area contributed by atoms with Crippen molar-refractivity contribution in [2.24, 2.45) is 5.92 Å². The molecule has 0 fully saturated rings. The van der Waals surface area contributed by atoms with Crippen LogP contribution in [0.3, 0.4) is 0 Å². The van der Waals surface area contributed by atoms with E-state index in [0.717, 1.165) is 37.3 Å². The van der Waals surface area contributed by atoms with Gasteiger partial charge in [0.15, 0.2) is 5.65 Å². The van der Waals surface area contributed by atoms with E-state index >= 15 is 0 Å². The van der Waals surface area contributed by atoms with Crippen LogP contribution in [0, 0.1) is 5.92 Å². The first-order valence-corrected chi connectivity index (χ1v) is 6.46. The second-order valence-electron chi connectivity index (χ2n) is 4.85. The molecule has 0 aliphatic rings. The van der Waals surface area contributed by atoms with Crippen LogP contribution < -0.4 is 10.6 Å². The third-order valence-electron chi connectivity index (χ3n) is 2.76. The van der Waals surface area contributed by atoms with Gasteiger partial charge in [-0.25, -0.2) is 9.97 Å². The lowest BCUT2D eigenvalue weighted by Gasteiger charge is -2.08. The average molecular weight is 247 g/mol. The van der Waals surface area contributed by atoms with E-state index < -0.39 is 0 Å². The van der Waals surface area contributed by atoms with Gasteiger partial charge in [-0.15, -0.1) is 0 Å². The second kappa shape index (κ2) is 6.47. The van der Waals surface area contributed by atoms with E-state index in [1.165, 1.54) is 5.56 Å². The second-order valence-corrected chi connectivity index (χ2v) is 4.85. The fourth-order valence-electron chi connectivity index (χ4n) is 1.84. The number of hydrogen-bond donors (Lipinski definition) is 3. The number of fused-ring (bicyclic) bond motifs is 1. The Balaban J connectivity index is 1.75. The number of nitrogens with zero attached hydrogens (tertiary/aromatic N) is 2. The number of aromatic amines is 1. The van der Waals surface area contributed by atoms with Crippen molar-refractivity contribution in [1.29, 1.82) is 0 Å². The van der Waals surface area contributed by atoms with Crippen LogP contribution in [-0.4, -0.2) is 34.6 Å². The summed E-state index contributed by atoms with van der Waals surface area (Å²) in [4.78, 5) is 11.5. The molecule has 0 aliphatic carbocycles. The summed E-state index contributed by atoms with van der Waals surface area (Å²) in [7, 11) is 0. The lowest BCUT2D eigenvalue weighted by atomic mass is 10.2. The van der Waals surface area contributed by atoms with Crippen LogP contribution in [0.15, 0.2) is 18.6 Å². The Morgan fingerprint density at radius 3 is 2.89 bits per heavy atom. The van der Waals surface area contributed by atoms with Crippen molar-refractivity contribution in [3.8, 4) is 0 Å². The molecule has 0 unspecified atom stereocenters. The molecule has 2 aromatic rings. The van der Waals surface area contributed by atoms with Crippen LogP contribution in [0.5, 0.6) is 0 Å². The lowest BCUT2D eigenvalue weighted by molar-refractivity contribution is 0.535. The Morgan fingerprint density at radius 1 is 1.22 bits per heavy atom. The van der Waals surface area contributed by atoms with Gasteiger partial charge in [-0.05, 0) is 24.1 Å². The summed E-state index contributed by atoms with van der Waals surface area (Å²) < 4.78 is 0. The highest BCUT2D eigenvalue weighted by atomic mass is 15.0. The third kappa shape index (κ3) is 3.51. The number of pyridine rings is 1. The molecule has 2 heterocycles. The van der Waals surface area contributed by atoms with E-state index in [0.29, 0.717) is 5.92 Å². The molecule has 5 heteroatoms. The Bertz CT molecular complexity index is 477. The third-order valence-corrected chi connectivity index (χ3v) is 2.76. The molecule has 0 saturated heterocycles. The van der Waals surface area contributed by atoms with Gasteiger partial charge in [0, 0.05) is 25.8 Å². The van der Waals surface area contributed by atoms with Crippen LogP contribution in [0.1, 0.15) is 19.4 Å². The fraction of sp³-hybridized carbons (Fsp3) is 0.538. The molecule has 0 bridgehead atoms. The SMILES string of the molecule is CC(C)CNCCNCc1ccnc2nc[nH]c12. The van der Waals surface area contributed by atoms with Gasteiger partial charge in [-0.2, -0.15) is 0 Å². The lowest BCUT2D eigenvalue weighted by Crippen LogP contribution is -2.29. The molecular formula is C13H21N5. The molecule has 5 nitrogen and oxygen atoms in total. The van der Waals surface area contributed by atoms with Crippen molar-refractivity contribution in [3.05, 3.63) is 24.2 Å². The number of hydrogen-bond acceptors (Lipinski definition) is 4. The zero-order valence-corrected chi connectivity index (χ0v) is 11.0. The predicted octanol–water partition coefficient (Wildman–Crippen LogP) is 1.29. The van der Waals surface area contributed by atoms with Gasteiger partial charge < -0.3 is 15.6 Å². The predicted molar refractivity (Wildman–Crippen MR) is 73.3 cm³/mol. The summed E-state index contributed by atoms with van der Waals surface area (Å²) in [6, 6.07) is 2.02. The maximum Gasteiger partial charge on any atom is 0.177 e. The Hall–Kier alpha value is -1.46. The Labute approximate surface area is 107 Å². The van der Waals surface area contributed by atoms with Crippen LogP contribution in [0.25, 0.3) is 11.2 Å². The summed E-state index contributed by atoms with van der Waals surface area (Å²) in [6.07, 6.45) is 3.49. The molecule has 3 N–H and O–H groups in total. The maximum atomic E-state index is 4.20. The van der Waals surface area contributed by atoms with Crippen LogP contribution >= 0.6 is 0 Å². The van der Waals surface area contributed by atoms with E-state index in [1.807, 2.05) is 6.07 Å². The largest absolute Gasteiger partial charge is 0.343 e. The van der Waals surface area contributed by atoms with Crippen molar-refractivity contribution < 1.29 is 0 Å². The smallest absolute Gasteiger partial charge is 0.177 e. The van der Waals surface area contributed by atoms with Crippen LogP contribution in [-0.2, 0) is 6.54 Å². The number of imidazole rings is 1. The highest BCUT2D eigenvalue weighted by Gasteiger charge is 2.02. The van der Waals surface area contributed by atoms with Gasteiger partial charge in [0.2, 0.25) is 0 Å². The van der Waals surface area contributed by atoms with Gasteiger partial charge in [0.25, 0.3) is 0 Å². The van der Waals surface area contributed by atoms with Crippen LogP contribution in [0.4, 0.5) is 0 Å². The first kappa shape index (κ1) is 13.0. The van der Waals surface area contributed by atoms with Gasteiger partial charge in [0.05, 0.1) is 11.8 Å². The molecule has 98 valence electrons. The van der Waals surface area contributed by atoms with E-state index in [4.69, 9.17) is 0 Å². The fourth-order valence-corrected chi connectivity index (χ4v) is 1.84. The molecule has 0 radical (unpaired) electrons. The Kier molecular flexibility index (Phi) is 4.66. The first-order chi connectivity index (χ1) is 8.77. The zero-order valence-electron chi connectivity index (χ0n) is 11.0. The van der Waals surface area contributed by atoms with Crippen molar-refractivity contribution in [2.45, 2.75) is 20.4 Å². The molecule has 0 aromatic carbocycles. The molecule has 2 rings (SSSR count). The minimum absolute atomic E-state index is 0.704. The summed E-state index contributed by atoms with van der Waals surface area (Å²) in [6.45, 7) is 8.30. The van der Waals surface area contributed by atoms with Crippen molar-refractivity contribution >= 4 is 11.2 Å². The number of nitrogens with one attached hydrogen (secondary N) is 3. The molecule has 0 atom stereocenters. The standard InChI is InChI=1S/C13H21N5/c1-10(2)7-14-5-6-15-8-11-3-4-16-13-12(11)17-9-18-13/h3-4,9-10,14-15H,5-8H2,1-2H3,(H,16,17,18). The minimum Gasteiger partial charge on any atom is -0.343 e. The number of rotatable bonds is 7. The van der Waals surface area contributed by atoms with E-state index in [2.05, 4.69) is 39.4 Å². The molecule has 0 saturated carbocycles. The highest BCUT2D eigenvalue weighted by Crippen LogP contribution is 2.11. The van der Waals surface area contributed by atoms with Crippen LogP contribution in [0.2, 0.25) is 0 Å². The van der Waals surface area contributed by atoms with Gasteiger partial charge >= 0.3 is 0 Å². The molecule has 18 heavy (non-hydrogen) atoms. The normalized spacial score (nSPS) is 11.5. The molecule has 0 aliphatic heterocycles. The van der Waals surface area contributed by atoms with E-state index in [-0.39, 0.29) is 0 Å². The summed E-state index contributed by atoms with van der Waals surface area (Å²) in [5, 5.41) is 6.83. The minimum atomic E-state index is 0.704. The van der Waals surface area contributed by atoms with Crippen molar-refractivity contribution in [2.75, 3.05) is 19.6 Å². The van der Waals surface area contributed by atoms with Crippen molar-refractivity contribution in [3.63, 3.8) is 0 Å². The van der Waals surface area contributed by atoms with Gasteiger partial charge in [-0.1, -0.05) is 13.8 Å². The Morgan fingerprint density at radius 2 is 2.06 bits per heavy atom. The zero-order chi connectivity index (χ0) is 12.8. The number of H-pyrrole nitrogens is 1. The van der Waals surface area contributed by atoms with E-state index in [1.54, 1.807) is 12.5 Å². The monoisotopic (exact) mass is 247 g/mol. The summed E-state index contributed by atoms with van der Waals surface area (Å²) >= 11 is 0. The van der Waals surface area contributed by atoms with Gasteiger partial charge in [-0.3, -0.25) is 0 Å². The quantitative estimate of drug-likeness (QED) is 0.645. The average Bonchev–Trinajstić information content (AvgIpc) is 2.82. The first-order valence-electron chi connectivity index (χ1n) is 6.46. The molecule has 0 spiro atoms. The maximum absolute atomic E-state index is 4.20. The number of aromatic nitrogens is 3. The van der Waals surface area contributed by atoms with Gasteiger partial charge in [0.1, 0.15) is 0 Å². The summed E-state index contributed by atoms with van der Waals surface area (Å²) in [5.41, 5.74) is 3.02.